The van der Waals surface area contributed by atoms with E-state index in [1.165, 1.54) is 18.6 Å². The summed E-state index contributed by atoms with van der Waals surface area (Å²) in [7, 11) is 0. The first kappa shape index (κ1) is 29.6. The summed E-state index contributed by atoms with van der Waals surface area (Å²) in [4.78, 5) is 69.2. The van der Waals surface area contributed by atoms with Crippen LogP contribution in [0.15, 0.2) is 12.2 Å². The maximum absolute atomic E-state index is 11.8. The van der Waals surface area contributed by atoms with Gasteiger partial charge >= 0.3 is 12.0 Å². The van der Waals surface area contributed by atoms with E-state index >= 15 is 0 Å². The van der Waals surface area contributed by atoms with Crippen molar-refractivity contribution in [3.8, 4) is 0 Å². The van der Waals surface area contributed by atoms with Crippen LogP contribution >= 0.6 is 0 Å². The van der Waals surface area contributed by atoms with Crippen LogP contribution in [-0.2, 0) is 24.0 Å². The number of hydrogen-bond acceptors (Lipinski definition) is 6. The molecule has 6 N–H and O–H groups in total. The van der Waals surface area contributed by atoms with Gasteiger partial charge < -0.3 is 26.8 Å². The smallest absolute Gasteiger partial charge is 0.326 e. The lowest BCUT2D eigenvalue weighted by molar-refractivity contribution is -0.142. The molecule has 0 aromatic rings. The summed E-state index contributed by atoms with van der Waals surface area (Å²) in [5.74, 6) is -2.91. The van der Waals surface area contributed by atoms with Crippen molar-refractivity contribution in [3.05, 3.63) is 12.2 Å². The van der Waals surface area contributed by atoms with Crippen molar-refractivity contribution in [1.29, 1.82) is 0 Å². The van der Waals surface area contributed by atoms with Gasteiger partial charge in [-0.15, -0.1) is 0 Å². The van der Waals surface area contributed by atoms with Crippen LogP contribution in [0.5, 0.6) is 0 Å². The monoisotopic (exact) mass is 469 g/mol. The molecule has 1 heterocycles. The molecule has 0 fully saturated rings. The third-order valence-corrected chi connectivity index (χ3v) is 4.23. The number of nitrogens with zero attached hydrogens (tertiary/aromatic N) is 1. The van der Waals surface area contributed by atoms with E-state index in [0.717, 1.165) is 4.90 Å². The number of primary amides is 1. The number of urea groups is 1. The third kappa shape index (κ3) is 14.3. The van der Waals surface area contributed by atoms with Gasteiger partial charge in [-0.25, -0.2) is 9.59 Å². The zero-order chi connectivity index (χ0) is 25.2. The molecule has 0 saturated carbocycles. The Morgan fingerprint density at radius 1 is 0.970 bits per heavy atom. The molecule has 0 radical (unpaired) electrons. The molecule has 0 aliphatic carbocycles. The molecule has 1 unspecified atom stereocenters. The largest absolute Gasteiger partial charge is 0.480 e. The summed E-state index contributed by atoms with van der Waals surface area (Å²) in [5.41, 5.74) is 4.90. The quantitative estimate of drug-likeness (QED) is 0.175. The van der Waals surface area contributed by atoms with Crippen molar-refractivity contribution >= 4 is 35.6 Å². The van der Waals surface area contributed by atoms with Gasteiger partial charge in [0.15, 0.2) is 0 Å². The molecule has 0 bridgehead atoms. The van der Waals surface area contributed by atoms with E-state index < -0.39 is 23.9 Å². The van der Waals surface area contributed by atoms with E-state index in [4.69, 9.17) is 10.8 Å². The fourth-order valence-electron chi connectivity index (χ4n) is 2.67. The lowest BCUT2D eigenvalue weighted by Gasteiger charge is -2.15. The van der Waals surface area contributed by atoms with Crippen LogP contribution in [-0.4, -0.2) is 71.3 Å². The Balaban J connectivity index is 0.00000322. The van der Waals surface area contributed by atoms with E-state index in [9.17, 15) is 28.8 Å². The molecule has 12 heteroatoms. The summed E-state index contributed by atoms with van der Waals surface area (Å²) >= 11 is 0. The Morgan fingerprint density at radius 2 is 1.58 bits per heavy atom. The van der Waals surface area contributed by atoms with Crippen molar-refractivity contribution in [2.45, 2.75) is 64.8 Å². The molecular formula is C21H35N5O7. The van der Waals surface area contributed by atoms with Gasteiger partial charge in [-0.3, -0.25) is 24.1 Å². The summed E-state index contributed by atoms with van der Waals surface area (Å²) in [6, 6.07) is -1.86. The van der Waals surface area contributed by atoms with Crippen LogP contribution < -0.4 is 21.7 Å². The number of carbonyl (C=O) groups is 6. The molecule has 1 aliphatic heterocycles. The van der Waals surface area contributed by atoms with E-state index in [-0.39, 0.29) is 43.7 Å². The molecule has 0 spiro atoms. The molecule has 33 heavy (non-hydrogen) atoms. The number of nitrogens with two attached hydrogens (primary N) is 1. The number of aliphatic carboxylic acids is 1. The molecule has 0 aromatic heterocycles. The zero-order valence-corrected chi connectivity index (χ0v) is 19.2. The number of rotatable bonds is 14. The fraction of sp³-hybridized carbons (Fsp3) is 0.619. The highest BCUT2D eigenvalue weighted by atomic mass is 16.4. The van der Waals surface area contributed by atoms with Gasteiger partial charge in [0.2, 0.25) is 11.8 Å². The van der Waals surface area contributed by atoms with Gasteiger partial charge in [0, 0.05) is 31.7 Å². The van der Waals surface area contributed by atoms with Crippen LogP contribution in [0.25, 0.3) is 0 Å². The number of carbonyl (C=O) groups excluding carboxylic acids is 5. The maximum Gasteiger partial charge on any atom is 0.326 e. The van der Waals surface area contributed by atoms with Gasteiger partial charge in [-0.05, 0) is 25.7 Å². The SMILES string of the molecule is CCC.NC(=O)NCCCC(NC(=O)CNC(=O)CCCCCN1C(=O)C=CC1=O)C(=O)O. The molecule has 12 nitrogen and oxygen atoms in total. The summed E-state index contributed by atoms with van der Waals surface area (Å²) in [6.45, 7) is 4.37. The summed E-state index contributed by atoms with van der Waals surface area (Å²) < 4.78 is 0. The molecule has 0 aromatic carbocycles. The Morgan fingerprint density at radius 3 is 2.12 bits per heavy atom. The second-order valence-corrected chi connectivity index (χ2v) is 7.35. The average molecular weight is 470 g/mol. The Hall–Kier alpha value is -3.44. The predicted octanol–water partition coefficient (Wildman–Crippen LogP) is 0.0222. The summed E-state index contributed by atoms with van der Waals surface area (Å²) in [5, 5.41) is 16.2. The Bertz CT molecular complexity index is 706. The lowest BCUT2D eigenvalue weighted by Crippen LogP contribution is -2.45. The first-order valence-corrected chi connectivity index (χ1v) is 11.0. The average Bonchev–Trinajstić information content (AvgIpc) is 3.06. The minimum absolute atomic E-state index is 0.0901. The molecule has 1 atom stereocenters. The van der Waals surface area contributed by atoms with Crippen molar-refractivity contribution in [2.75, 3.05) is 19.6 Å². The molecule has 0 saturated heterocycles. The Labute approximate surface area is 193 Å². The fourth-order valence-corrected chi connectivity index (χ4v) is 2.67. The minimum Gasteiger partial charge on any atom is -0.480 e. The Kier molecular flexibility index (Phi) is 15.4. The standard InChI is InChI=1S/C18H27N5O7.C3H8/c19-18(30)20-9-4-5-12(17(28)29)22-14(25)11-21-13(24)6-2-1-3-10-23-15(26)7-8-16(23)27;1-3-2/h7-8,12H,1-6,9-11H2,(H,21,24)(H,22,25)(H,28,29)(H3,19,20,30);3H2,1-2H3. The molecule has 186 valence electrons. The third-order valence-electron chi connectivity index (χ3n) is 4.23. The number of amides is 6. The second-order valence-electron chi connectivity index (χ2n) is 7.35. The van der Waals surface area contributed by atoms with Crippen LogP contribution in [0.4, 0.5) is 4.79 Å². The normalized spacial score (nSPS) is 13.1. The number of hydrogen-bond donors (Lipinski definition) is 5. The van der Waals surface area contributed by atoms with Gasteiger partial charge in [0.1, 0.15) is 6.04 Å². The first-order chi connectivity index (χ1) is 15.6. The molecule has 1 rings (SSSR count). The first-order valence-electron chi connectivity index (χ1n) is 11.0. The number of carboxylic acid groups (broad SMARTS) is 1. The van der Waals surface area contributed by atoms with Gasteiger partial charge in [0.25, 0.3) is 11.8 Å². The highest BCUT2D eigenvalue weighted by Gasteiger charge is 2.22. The number of carboxylic acids is 1. The highest BCUT2D eigenvalue weighted by molar-refractivity contribution is 6.12. The minimum atomic E-state index is -1.22. The van der Waals surface area contributed by atoms with Crippen LogP contribution in [0.3, 0.4) is 0 Å². The number of imide groups is 1. The topological polar surface area (TPSA) is 188 Å². The van der Waals surface area contributed by atoms with Crippen molar-refractivity contribution in [2.24, 2.45) is 5.73 Å². The van der Waals surface area contributed by atoms with Crippen LogP contribution in [0.2, 0.25) is 0 Å². The predicted molar refractivity (Wildman–Crippen MR) is 120 cm³/mol. The maximum atomic E-state index is 11.8. The van der Waals surface area contributed by atoms with Gasteiger partial charge in [0.05, 0.1) is 6.54 Å². The highest BCUT2D eigenvalue weighted by Crippen LogP contribution is 2.07. The second kappa shape index (κ2) is 17.2. The lowest BCUT2D eigenvalue weighted by atomic mass is 10.1. The van der Waals surface area contributed by atoms with Gasteiger partial charge in [-0.2, -0.15) is 0 Å². The van der Waals surface area contributed by atoms with Crippen molar-refractivity contribution in [3.63, 3.8) is 0 Å². The van der Waals surface area contributed by atoms with Crippen molar-refractivity contribution in [1.82, 2.24) is 20.9 Å². The zero-order valence-electron chi connectivity index (χ0n) is 19.2. The van der Waals surface area contributed by atoms with Crippen LogP contribution in [0.1, 0.15) is 58.8 Å². The van der Waals surface area contributed by atoms with Gasteiger partial charge in [-0.1, -0.05) is 26.7 Å². The molecule has 1 aliphatic rings. The number of unbranched alkanes of at least 4 members (excludes halogenated alkanes) is 2. The molecule has 6 amide bonds. The van der Waals surface area contributed by atoms with E-state index in [1.807, 2.05) is 0 Å². The van der Waals surface area contributed by atoms with Crippen LogP contribution in [0, 0.1) is 0 Å². The van der Waals surface area contributed by atoms with E-state index in [0.29, 0.717) is 32.2 Å². The number of nitrogens with one attached hydrogen (secondary N) is 3. The summed E-state index contributed by atoms with van der Waals surface area (Å²) in [6.07, 6.45) is 5.94. The van der Waals surface area contributed by atoms with Crippen molar-refractivity contribution < 1.29 is 33.9 Å². The molecular weight excluding hydrogens is 434 g/mol. The van der Waals surface area contributed by atoms with E-state index in [1.54, 1.807) is 0 Å². The van der Waals surface area contributed by atoms with E-state index in [2.05, 4.69) is 29.8 Å².